The molecule has 1 atom stereocenters. The Morgan fingerprint density at radius 3 is 2.90 bits per heavy atom. The Morgan fingerprint density at radius 1 is 1.45 bits per heavy atom. The number of hydrogen-bond acceptors (Lipinski definition) is 3. The normalized spacial score (nSPS) is 23.1. The average molecular weight is 341 g/mol. The van der Waals surface area contributed by atoms with Gasteiger partial charge in [-0.3, -0.25) is 0 Å². The lowest BCUT2D eigenvalue weighted by Crippen LogP contribution is -2.46. The summed E-state index contributed by atoms with van der Waals surface area (Å²) >= 11 is 3.68. The van der Waals surface area contributed by atoms with Gasteiger partial charge in [-0.1, -0.05) is 13.0 Å². The highest BCUT2D eigenvalue weighted by Gasteiger charge is 2.29. The fourth-order valence-electron chi connectivity index (χ4n) is 2.75. The Morgan fingerprint density at radius 2 is 2.25 bits per heavy atom. The van der Waals surface area contributed by atoms with Crippen molar-refractivity contribution in [3.63, 3.8) is 0 Å². The van der Waals surface area contributed by atoms with Crippen LogP contribution in [0.5, 0.6) is 0 Å². The maximum atomic E-state index is 10.2. The molecule has 2 rings (SSSR count). The summed E-state index contributed by atoms with van der Waals surface area (Å²) in [5, 5.41) is 13.6. The average Bonchev–Trinajstić information content (AvgIpc) is 2.38. The predicted octanol–water partition coefficient (Wildman–Crippen LogP) is 3.30. The van der Waals surface area contributed by atoms with E-state index < -0.39 is 5.60 Å². The molecule has 1 unspecified atom stereocenters. The van der Waals surface area contributed by atoms with Crippen LogP contribution in [0, 0.1) is 0 Å². The number of benzene rings is 1. The van der Waals surface area contributed by atoms with Crippen molar-refractivity contribution in [1.29, 1.82) is 0 Å². The molecule has 112 valence electrons. The van der Waals surface area contributed by atoms with Crippen LogP contribution in [0.15, 0.2) is 22.7 Å². The van der Waals surface area contributed by atoms with Gasteiger partial charge in [-0.15, -0.1) is 0 Å². The molecule has 0 aromatic heterocycles. The Bertz CT molecular complexity index is 448. The zero-order chi connectivity index (χ0) is 14.6. The van der Waals surface area contributed by atoms with Gasteiger partial charge in [0, 0.05) is 24.1 Å². The highest BCUT2D eigenvalue weighted by atomic mass is 79.9. The highest BCUT2D eigenvalue weighted by molar-refractivity contribution is 9.10. The molecule has 1 heterocycles. The van der Waals surface area contributed by atoms with E-state index in [9.17, 15) is 5.11 Å². The molecule has 1 saturated heterocycles. The van der Waals surface area contributed by atoms with Gasteiger partial charge in [0.15, 0.2) is 0 Å². The molecular weight excluding hydrogens is 316 g/mol. The second-order valence-corrected chi connectivity index (χ2v) is 6.84. The van der Waals surface area contributed by atoms with Gasteiger partial charge in [0.25, 0.3) is 0 Å². The molecule has 0 aliphatic carbocycles. The maximum absolute atomic E-state index is 10.2. The van der Waals surface area contributed by atoms with Crippen molar-refractivity contribution in [3.8, 4) is 0 Å². The minimum Gasteiger partial charge on any atom is -0.388 e. The molecule has 3 nitrogen and oxygen atoms in total. The van der Waals surface area contributed by atoms with Crippen molar-refractivity contribution in [2.24, 2.45) is 0 Å². The summed E-state index contributed by atoms with van der Waals surface area (Å²) in [5.74, 6) is 0. The number of anilines is 1. The Kier molecular flexibility index (Phi) is 5.47. The van der Waals surface area contributed by atoms with Crippen LogP contribution in [0.4, 0.5) is 5.69 Å². The molecule has 0 saturated carbocycles. The number of nitrogens with zero attached hydrogens (tertiary/aromatic N) is 1. The summed E-state index contributed by atoms with van der Waals surface area (Å²) in [6.45, 7) is 7.78. The first-order valence-corrected chi connectivity index (χ1v) is 8.27. The lowest BCUT2D eigenvalue weighted by Gasteiger charge is -2.38. The fourth-order valence-corrected chi connectivity index (χ4v) is 3.43. The monoisotopic (exact) mass is 340 g/mol. The van der Waals surface area contributed by atoms with Gasteiger partial charge in [-0.05, 0) is 66.4 Å². The standard InChI is InChI=1S/C16H25BrN2O/c1-3-8-18-11-13-5-6-15(14(17)10-13)19-9-4-7-16(2,20)12-19/h5-6,10,18,20H,3-4,7-9,11-12H2,1-2H3. The summed E-state index contributed by atoms with van der Waals surface area (Å²) in [6, 6.07) is 6.52. The SMILES string of the molecule is CCCNCc1ccc(N2CCCC(C)(O)C2)c(Br)c1. The topological polar surface area (TPSA) is 35.5 Å². The van der Waals surface area contributed by atoms with Gasteiger partial charge in [-0.25, -0.2) is 0 Å². The van der Waals surface area contributed by atoms with Gasteiger partial charge < -0.3 is 15.3 Å². The van der Waals surface area contributed by atoms with Crippen LogP contribution in [-0.2, 0) is 6.54 Å². The molecule has 2 N–H and O–H groups in total. The van der Waals surface area contributed by atoms with Crippen molar-refractivity contribution >= 4 is 21.6 Å². The summed E-state index contributed by atoms with van der Waals surface area (Å²) in [7, 11) is 0. The van der Waals surface area contributed by atoms with E-state index in [0.29, 0.717) is 6.54 Å². The summed E-state index contributed by atoms with van der Waals surface area (Å²) in [4.78, 5) is 2.27. The van der Waals surface area contributed by atoms with Crippen LogP contribution < -0.4 is 10.2 Å². The molecule has 1 fully saturated rings. The third kappa shape index (κ3) is 4.21. The van der Waals surface area contributed by atoms with Gasteiger partial charge in [0.05, 0.1) is 11.3 Å². The van der Waals surface area contributed by atoms with Gasteiger partial charge in [-0.2, -0.15) is 0 Å². The fraction of sp³-hybridized carbons (Fsp3) is 0.625. The van der Waals surface area contributed by atoms with Crippen LogP contribution in [0.25, 0.3) is 0 Å². The quantitative estimate of drug-likeness (QED) is 0.807. The molecular formula is C16H25BrN2O. The smallest absolute Gasteiger partial charge is 0.0794 e. The Labute approximate surface area is 130 Å². The molecule has 0 spiro atoms. The van der Waals surface area contributed by atoms with E-state index in [2.05, 4.69) is 51.3 Å². The highest BCUT2D eigenvalue weighted by Crippen LogP contribution is 2.32. The molecule has 4 heteroatoms. The summed E-state index contributed by atoms with van der Waals surface area (Å²) < 4.78 is 1.12. The number of halogens is 1. The van der Waals surface area contributed by atoms with E-state index in [1.54, 1.807) is 0 Å². The molecule has 0 radical (unpaired) electrons. The van der Waals surface area contributed by atoms with Crippen LogP contribution in [0.1, 0.15) is 38.7 Å². The van der Waals surface area contributed by atoms with Crippen molar-refractivity contribution < 1.29 is 5.11 Å². The summed E-state index contributed by atoms with van der Waals surface area (Å²) in [5.41, 5.74) is 1.90. The number of aliphatic hydroxyl groups is 1. The van der Waals surface area contributed by atoms with Crippen LogP contribution >= 0.6 is 15.9 Å². The van der Waals surface area contributed by atoms with Crippen LogP contribution in [0.3, 0.4) is 0 Å². The minimum absolute atomic E-state index is 0.570. The first-order valence-electron chi connectivity index (χ1n) is 7.48. The molecule has 0 bridgehead atoms. The molecule has 20 heavy (non-hydrogen) atoms. The van der Waals surface area contributed by atoms with Crippen molar-refractivity contribution in [2.75, 3.05) is 24.5 Å². The second-order valence-electron chi connectivity index (χ2n) is 5.98. The first kappa shape index (κ1) is 15.8. The third-order valence-electron chi connectivity index (χ3n) is 3.78. The number of rotatable bonds is 5. The van der Waals surface area contributed by atoms with Gasteiger partial charge in [0.1, 0.15) is 0 Å². The number of piperidine rings is 1. The minimum atomic E-state index is -0.570. The predicted molar refractivity (Wildman–Crippen MR) is 88.2 cm³/mol. The molecule has 1 aromatic carbocycles. The van der Waals surface area contributed by atoms with E-state index in [1.165, 1.54) is 11.3 Å². The van der Waals surface area contributed by atoms with Crippen LogP contribution in [0.2, 0.25) is 0 Å². The van der Waals surface area contributed by atoms with Crippen LogP contribution in [-0.4, -0.2) is 30.3 Å². The van der Waals surface area contributed by atoms with Crippen molar-refractivity contribution in [1.82, 2.24) is 5.32 Å². The van der Waals surface area contributed by atoms with E-state index in [0.717, 1.165) is 43.4 Å². The zero-order valence-corrected chi connectivity index (χ0v) is 14.0. The molecule has 1 aliphatic heterocycles. The van der Waals surface area contributed by atoms with E-state index in [-0.39, 0.29) is 0 Å². The number of nitrogens with one attached hydrogen (secondary N) is 1. The lowest BCUT2D eigenvalue weighted by molar-refractivity contribution is 0.0449. The summed E-state index contributed by atoms with van der Waals surface area (Å²) in [6.07, 6.45) is 3.08. The maximum Gasteiger partial charge on any atom is 0.0794 e. The Balaban J connectivity index is 2.05. The zero-order valence-electron chi connectivity index (χ0n) is 12.5. The first-order chi connectivity index (χ1) is 9.52. The van der Waals surface area contributed by atoms with Crippen molar-refractivity contribution in [3.05, 3.63) is 28.2 Å². The van der Waals surface area contributed by atoms with Crippen molar-refractivity contribution in [2.45, 2.75) is 45.3 Å². The third-order valence-corrected chi connectivity index (χ3v) is 4.42. The van der Waals surface area contributed by atoms with Gasteiger partial charge >= 0.3 is 0 Å². The largest absolute Gasteiger partial charge is 0.388 e. The molecule has 1 aromatic rings. The van der Waals surface area contributed by atoms with E-state index in [4.69, 9.17) is 0 Å². The van der Waals surface area contributed by atoms with Gasteiger partial charge in [0.2, 0.25) is 0 Å². The Hall–Kier alpha value is -0.580. The lowest BCUT2D eigenvalue weighted by atomic mass is 9.94. The number of hydrogen-bond donors (Lipinski definition) is 2. The van der Waals surface area contributed by atoms with E-state index in [1.807, 2.05) is 6.92 Å². The second kappa shape index (κ2) is 6.92. The molecule has 1 aliphatic rings. The number of β-amino-alcohol motifs (C(OH)–C–C–N with tert-alkyl or cyclic N) is 1. The molecule has 0 amide bonds. The van der Waals surface area contributed by atoms with E-state index >= 15 is 0 Å².